The molecule has 0 fully saturated rings. The lowest BCUT2D eigenvalue weighted by atomic mass is 10.1. The van der Waals surface area contributed by atoms with Crippen molar-refractivity contribution >= 4 is 27.4 Å². The van der Waals surface area contributed by atoms with Crippen LogP contribution in [0, 0.1) is 11.3 Å². The Morgan fingerprint density at radius 2 is 1.81 bits per heavy atom. The Balaban J connectivity index is 1.63. The van der Waals surface area contributed by atoms with Crippen molar-refractivity contribution in [2.75, 3.05) is 6.61 Å². The highest BCUT2D eigenvalue weighted by molar-refractivity contribution is 5.84. The summed E-state index contributed by atoms with van der Waals surface area (Å²) >= 11 is 0. The van der Waals surface area contributed by atoms with Gasteiger partial charge in [0.05, 0.1) is 11.0 Å². The van der Waals surface area contributed by atoms with Crippen LogP contribution in [0.4, 0.5) is 0 Å². The normalized spacial score (nSPS) is 12.0. The SMILES string of the molecule is Cn1c(/C(C#N)=C(\O)COc2ccc3ccccc3c2)nc2ccccc21. The summed E-state index contributed by atoms with van der Waals surface area (Å²) in [5, 5.41) is 22.2. The Morgan fingerprint density at radius 1 is 1.07 bits per heavy atom. The topological polar surface area (TPSA) is 71.1 Å². The number of nitrogens with zero attached hydrogens (tertiary/aromatic N) is 3. The number of para-hydroxylation sites is 2. The number of aryl methyl sites for hydroxylation is 1. The minimum absolute atomic E-state index is 0.106. The van der Waals surface area contributed by atoms with Gasteiger partial charge in [0.1, 0.15) is 24.0 Å². The Labute approximate surface area is 156 Å². The third kappa shape index (κ3) is 3.09. The van der Waals surface area contributed by atoms with Gasteiger partial charge in [-0.2, -0.15) is 5.26 Å². The van der Waals surface area contributed by atoms with Crippen LogP contribution in [0.25, 0.3) is 27.4 Å². The molecule has 0 amide bonds. The fourth-order valence-corrected chi connectivity index (χ4v) is 3.09. The molecule has 3 aromatic carbocycles. The fraction of sp³-hybridized carbons (Fsp3) is 0.0909. The lowest BCUT2D eigenvalue weighted by Gasteiger charge is -2.09. The summed E-state index contributed by atoms with van der Waals surface area (Å²) < 4.78 is 7.49. The molecule has 4 aromatic rings. The van der Waals surface area contributed by atoms with Crippen molar-refractivity contribution in [1.29, 1.82) is 5.26 Å². The first-order valence-corrected chi connectivity index (χ1v) is 8.53. The van der Waals surface area contributed by atoms with E-state index in [0.29, 0.717) is 11.6 Å². The highest BCUT2D eigenvalue weighted by atomic mass is 16.5. The summed E-state index contributed by atoms with van der Waals surface area (Å²) in [6.07, 6.45) is 0. The highest BCUT2D eigenvalue weighted by Crippen LogP contribution is 2.24. The van der Waals surface area contributed by atoms with Crippen molar-refractivity contribution in [3.05, 3.63) is 78.3 Å². The molecule has 0 saturated carbocycles. The highest BCUT2D eigenvalue weighted by Gasteiger charge is 2.16. The predicted octanol–water partition coefficient (Wildman–Crippen LogP) is 4.60. The second-order valence-electron chi connectivity index (χ2n) is 6.21. The van der Waals surface area contributed by atoms with Crippen LogP contribution in [0.3, 0.4) is 0 Å². The van der Waals surface area contributed by atoms with E-state index in [4.69, 9.17) is 4.74 Å². The molecule has 1 heterocycles. The lowest BCUT2D eigenvalue weighted by molar-refractivity contribution is 0.273. The zero-order chi connectivity index (χ0) is 18.8. The van der Waals surface area contributed by atoms with Gasteiger partial charge in [-0.15, -0.1) is 0 Å². The largest absolute Gasteiger partial charge is 0.507 e. The molecule has 1 aromatic heterocycles. The lowest BCUT2D eigenvalue weighted by Crippen LogP contribution is -2.06. The van der Waals surface area contributed by atoms with Gasteiger partial charge in [-0.1, -0.05) is 42.5 Å². The summed E-state index contributed by atoms with van der Waals surface area (Å²) in [6, 6.07) is 23.3. The van der Waals surface area contributed by atoms with E-state index in [0.717, 1.165) is 21.8 Å². The maximum Gasteiger partial charge on any atom is 0.155 e. The molecular weight excluding hydrogens is 338 g/mol. The predicted molar refractivity (Wildman–Crippen MR) is 105 cm³/mol. The van der Waals surface area contributed by atoms with Crippen LogP contribution in [0.2, 0.25) is 0 Å². The van der Waals surface area contributed by atoms with Crippen LogP contribution in [-0.4, -0.2) is 21.3 Å². The molecule has 1 N–H and O–H groups in total. The molecule has 0 radical (unpaired) electrons. The first-order valence-electron chi connectivity index (χ1n) is 8.53. The zero-order valence-electron chi connectivity index (χ0n) is 14.8. The number of hydrogen-bond acceptors (Lipinski definition) is 4. The average Bonchev–Trinajstić information content (AvgIpc) is 3.03. The first kappa shape index (κ1) is 16.7. The molecule has 0 unspecified atom stereocenters. The van der Waals surface area contributed by atoms with E-state index in [-0.39, 0.29) is 17.9 Å². The third-order valence-corrected chi connectivity index (χ3v) is 4.51. The zero-order valence-corrected chi connectivity index (χ0v) is 14.8. The number of nitriles is 1. The van der Waals surface area contributed by atoms with Gasteiger partial charge in [0.25, 0.3) is 0 Å². The number of ether oxygens (including phenoxy) is 1. The minimum Gasteiger partial charge on any atom is -0.507 e. The number of imidazole rings is 1. The van der Waals surface area contributed by atoms with E-state index in [9.17, 15) is 10.4 Å². The van der Waals surface area contributed by atoms with Crippen LogP contribution < -0.4 is 4.74 Å². The number of aliphatic hydroxyl groups is 1. The van der Waals surface area contributed by atoms with Crippen molar-refractivity contribution in [2.45, 2.75) is 0 Å². The molecule has 0 atom stereocenters. The second kappa shape index (κ2) is 6.85. The van der Waals surface area contributed by atoms with Crippen molar-refractivity contribution in [1.82, 2.24) is 9.55 Å². The van der Waals surface area contributed by atoms with Gasteiger partial charge in [-0.3, -0.25) is 0 Å². The number of benzene rings is 3. The summed E-state index contributed by atoms with van der Waals surface area (Å²) in [4.78, 5) is 4.47. The molecule has 5 heteroatoms. The van der Waals surface area contributed by atoms with Crippen molar-refractivity contribution < 1.29 is 9.84 Å². The molecule has 0 saturated heterocycles. The van der Waals surface area contributed by atoms with Crippen LogP contribution in [0.5, 0.6) is 5.75 Å². The Kier molecular flexibility index (Phi) is 4.23. The Hall–Kier alpha value is -3.78. The number of aromatic nitrogens is 2. The molecule has 0 aliphatic carbocycles. The summed E-state index contributed by atoms with van der Waals surface area (Å²) in [7, 11) is 1.82. The standard InChI is InChI=1S/C22H17N3O2/c1-25-20-9-5-4-8-19(20)24-22(25)18(13-23)21(26)14-27-17-11-10-15-6-2-3-7-16(15)12-17/h2-12,26H,14H2,1H3/b21-18-. The van der Waals surface area contributed by atoms with Gasteiger partial charge in [-0.05, 0) is 35.0 Å². The van der Waals surface area contributed by atoms with E-state index in [1.54, 1.807) is 4.57 Å². The summed E-state index contributed by atoms with van der Waals surface area (Å²) in [6.45, 7) is -0.107. The monoisotopic (exact) mass is 355 g/mol. The molecule has 4 rings (SSSR count). The van der Waals surface area contributed by atoms with Gasteiger partial charge in [0.15, 0.2) is 11.6 Å². The van der Waals surface area contributed by atoms with Crippen molar-refractivity contribution in [2.24, 2.45) is 7.05 Å². The molecule has 27 heavy (non-hydrogen) atoms. The molecule has 132 valence electrons. The summed E-state index contributed by atoms with van der Waals surface area (Å²) in [5.74, 6) is 0.893. The Morgan fingerprint density at radius 3 is 2.59 bits per heavy atom. The van der Waals surface area contributed by atoms with Crippen LogP contribution in [0.15, 0.2) is 72.5 Å². The molecule has 5 nitrogen and oxygen atoms in total. The number of aliphatic hydroxyl groups excluding tert-OH is 1. The second-order valence-corrected chi connectivity index (χ2v) is 6.21. The fourth-order valence-electron chi connectivity index (χ4n) is 3.09. The molecule has 0 aliphatic rings. The van der Waals surface area contributed by atoms with E-state index in [1.165, 1.54) is 0 Å². The minimum atomic E-state index is -0.149. The van der Waals surface area contributed by atoms with Crippen LogP contribution in [-0.2, 0) is 7.05 Å². The van der Waals surface area contributed by atoms with E-state index < -0.39 is 0 Å². The number of fused-ring (bicyclic) bond motifs is 2. The van der Waals surface area contributed by atoms with Crippen LogP contribution in [0.1, 0.15) is 5.82 Å². The van der Waals surface area contributed by atoms with Gasteiger partial charge in [-0.25, -0.2) is 4.98 Å². The van der Waals surface area contributed by atoms with Gasteiger partial charge in [0.2, 0.25) is 0 Å². The average molecular weight is 355 g/mol. The first-order chi connectivity index (χ1) is 13.2. The number of hydrogen-bond donors (Lipinski definition) is 1. The Bertz CT molecular complexity index is 1220. The van der Waals surface area contributed by atoms with E-state index in [1.807, 2.05) is 73.8 Å². The number of rotatable bonds is 4. The number of allylic oxidation sites excluding steroid dienone is 1. The maximum atomic E-state index is 10.5. The molecule has 0 aliphatic heterocycles. The molecular formula is C22H17N3O2. The van der Waals surface area contributed by atoms with E-state index >= 15 is 0 Å². The van der Waals surface area contributed by atoms with Gasteiger partial charge >= 0.3 is 0 Å². The maximum absolute atomic E-state index is 10.5. The van der Waals surface area contributed by atoms with Gasteiger partial charge < -0.3 is 14.4 Å². The van der Waals surface area contributed by atoms with Crippen LogP contribution >= 0.6 is 0 Å². The third-order valence-electron chi connectivity index (χ3n) is 4.51. The quantitative estimate of drug-likeness (QED) is 0.429. The van der Waals surface area contributed by atoms with E-state index in [2.05, 4.69) is 11.1 Å². The van der Waals surface area contributed by atoms with Gasteiger partial charge in [0, 0.05) is 7.05 Å². The smallest absolute Gasteiger partial charge is 0.155 e. The van der Waals surface area contributed by atoms with Crippen molar-refractivity contribution in [3.63, 3.8) is 0 Å². The van der Waals surface area contributed by atoms with Crippen molar-refractivity contribution in [3.8, 4) is 11.8 Å². The molecule has 0 bridgehead atoms. The molecule has 0 spiro atoms. The summed E-state index contributed by atoms with van der Waals surface area (Å²) in [5.41, 5.74) is 1.77.